The lowest BCUT2D eigenvalue weighted by atomic mass is 10.1. The highest BCUT2D eigenvalue weighted by molar-refractivity contribution is 7.98. The summed E-state index contributed by atoms with van der Waals surface area (Å²) in [5, 5.41) is 9.19. The molecule has 0 saturated carbocycles. The second-order valence-corrected chi connectivity index (χ2v) is 9.70. The number of aromatic nitrogens is 5. The van der Waals surface area contributed by atoms with Gasteiger partial charge in [0.1, 0.15) is 5.82 Å². The molecule has 0 bridgehead atoms. The molecule has 2 heterocycles. The normalized spacial score (nSPS) is 11.7. The number of hydrogen-bond acceptors (Lipinski definition) is 9. The summed E-state index contributed by atoms with van der Waals surface area (Å²) in [5.41, 5.74) is 9.36. The summed E-state index contributed by atoms with van der Waals surface area (Å²) in [6.07, 6.45) is 0.868. The SMILES string of the molecule is CCc1ccccc1Nc1nc(N)nc(CSc2nc3cc(S(N)(=O)=O)ccc3n2CC)n1. The number of nitrogens with two attached hydrogens (primary N) is 2. The molecule has 0 radical (unpaired) electrons. The van der Waals surface area contributed by atoms with Crippen LogP contribution < -0.4 is 16.2 Å². The number of anilines is 3. The quantitative estimate of drug-likeness (QED) is 0.320. The van der Waals surface area contributed by atoms with Crippen LogP contribution in [0.3, 0.4) is 0 Å². The maximum Gasteiger partial charge on any atom is 0.238 e. The Labute approximate surface area is 195 Å². The van der Waals surface area contributed by atoms with Gasteiger partial charge in [0.2, 0.25) is 21.9 Å². The standard InChI is InChI=1S/C21H24N8O2S2/c1-3-13-7-5-6-8-15(13)24-20-27-18(26-19(22)28-20)12-32-21-25-16-11-14(33(23,30)31)9-10-17(16)29(21)4-2/h5-11H,3-4,12H2,1-2H3,(H2,23,30,31)(H3,22,24,26,27,28). The minimum Gasteiger partial charge on any atom is -0.368 e. The van der Waals surface area contributed by atoms with Gasteiger partial charge < -0.3 is 15.6 Å². The lowest BCUT2D eigenvalue weighted by Crippen LogP contribution is -2.11. The summed E-state index contributed by atoms with van der Waals surface area (Å²) >= 11 is 1.43. The smallest absolute Gasteiger partial charge is 0.238 e. The summed E-state index contributed by atoms with van der Waals surface area (Å²) in [6.45, 7) is 4.73. The molecule has 10 nitrogen and oxygen atoms in total. The first-order valence-electron chi connectivity index (χ1n) is 10.3. The van der Waals surface area contributed by atoms with E-state index < -0.39 is 10.0 Å². The third-order valence-electron chi connectivity index (χ3n) is 5.00. The molecule has 4 rings (SSSR count). The van der Waals surface area contributed by atoms with E-state index in [-0.39, 0.29) is 10.8 Å². The first-order valence-corrected chi connectivity index (χ1v) is 12.8. The zero-order valence-corrected chi connectivity index (χ0v) is 19.8. The summed E-state index contributed by atoms with van der Waals surface area (Å²) < 4.78 is 25.4. The molecule has 0 amide bonds. The van der Waals surface area contributed by atoms with E-state index in [1.54, 1.807) is 6.07 Å². The van der Waals surface area contributed by atoms with Crippen molar-refractivity contribution in [1.82, 2.24) is 24.5 Å². The number of nitrogens with one attached hydrogen (secondary N) is 1. The van der Waals surface area contributed by atoms with Crippen molar-refractivity contribution < 1.29 is 8.42 Å². The Morgan fingerprint density at radius 3 is 2.58 bits per heavy atom. The van der Waals surface area contributed by atoms with Crippen molar-refractivity contribution in [3.8, 4) is 0 Å². The maximum absolute atomic E-state index is 11.7. The second-order valence-electron chi connectivity index (χ2n) is 7.19. The molecule has 0 aliphatic carbocycles. The molecule has 0 saturated heterocycles. The Hall–Kier alpha value is -3.22. The molecule has 0 spiro atoms. The van der Waals surface area contributed by atoms with E-state index in [1.165, 1.54) is 23.9 Å². The zero-order chi connectivity index (χ0) is 23.6. The second kappa shape index (κ2) is 9.33. The lowest BCUT2D eigenvalue weighted by Gasteiger charge is -2.10. The van der Waals surface area contributed by atoms with Gasteiger partial charge in [-0.3, -0.25) is 0 Å². The van der Waals surface area contributed by atoms with E-state index in [0.717, 1.165) is 23.2 Å². The van der Waals surface area contributed by atoms with Crippen molar-refractivity contribution in [2.45, 2.75) is 42.6 Å². The topological polar surface area (TPSA) is 155 Å². The van der Waals surface area contributed by atoms with Gasteiger partial charge in [-0.25, -0.2) is 18.5 Å². The predicted molar refractivity (Wildman–Crippen MR) is 130 cm³/mol. The number of rotatable bonds is 8. The van der Waals surface area contributed by atoms with Gasteiger partial charge >= 0.3 is 0 Å². The lowest BCUT2D eigenvalue weighted by molar-refractivity contribution is 0.598. The number of nitrogen functional groups attached to an aromatic ring is 1. The molecule has 2 aromatic heterocycles. The van der Waals surface area contributed by atoms with Crippen molar-refractivity contribution >= 4 is 50.4 Å². The molecule has 0 fully saturated rings. The molecule has 0 unspecified atom stereocenters. The van der Waals surface area contributed by atoms with Crippen LogP contribution in [0.1, 0.15) is 25.2 Å². The fraction of sp³-hybridized carbons (Fsp3) is 0.238. The molecule has 5 N–H and O–H groups in total. The van der Waals surface area contributed by atoms with Gasteiger partial charge in [-0.2, -0.15) is 15.0 Å². The van der Waals surface area contributed by atoms with Crippen LogP contribution in [0.25, 0.3) is 11.0 Å². The van der Waals surface area contributed by atoms with Crippen LogP contribution in [0.15, 0.2) is 52.5 Å². The molecule has 2 aromatic carbocycles. The van der Waals surface area contributed by atoms with Crippen molar-refractivity contribution in [2.75, 3.05) is 11.1 Å². The van der Waals surface area contributed by atoms with Crippen LogP contribution in [-0.4, -0.2) is 32.9 Å². The Bertz CT molecular complexity index is 1420. The largest absolute Gasteiger partial charge is 0.368 e. The number of para-hydroxylation sites is 1. The summed E-state index contributed by atoms with van der Waals surface area (Å²) in [7, 11) is -3.80. The van der Waals surface area contributed by atoms with Crippen LogP contribution in [0, 0.1) is 0 Å². The van der Waals surface area contributed by atoms with Crippen LogP contribution in [0.4, 0.5) is 17.6 Å². The van der Waals surface area contributed by atoms with E-state index in [2.05, 4.69) is 32.2 Å². The number of imidazole rings is 1. The van der Waals surface area contributed by atoms with Crippen molar-refractivity contribution in [3.05, 3.63) is 53.9 Å². The van der Waals surface area contributed by atoms with Crippen LogP contribution in [-0.2, 0) is 28.7 Å². The van der Waals surface area contributed by atoms with Gasteiger partial charge in [-0.05, 0) is 43.2 Å². The number of fused-ring (bicyclic) bond motifs is 1. The predicted octanol–water partition coefficient (Wildman–Crippen LogP) is 3.07. The molecule has 12 heteroatoms. The van der Waals surface area contributed by atoms with Crippen molar-refractivity contribution in [1.29, 1.82) is 0 Å². The van der Waals surface area contributed by atoms with E-state index in [1.807, 2.05) is 35.8 Å². The first kappa shape index (κ1) is 23.0. The van der Waals surface area contributed by atoms with Gasteiger partial charge in [0.25, 0.3) is 0 Å². The Morgan fingerprint density at radius 2 is 1.85 bits per heavy atom. The first-order chi connectivity index (χ1) is 15.8. The highest BCUT2D eigenvalue weighted by atomic mass is 32.2. The molecule has 0 aliphatic rings. The van der Waals surface area contributed by atoms with E-state index in [4.69, 9.17) is 10.9 Å². The van der Waals surface area contributed by atoms with Gasteiger partial charge in [0.05, 0.1) is 21.7 Å². The van der Waals surface area contributed by atoms with Crippen molar-refractivity contribution in [2.24, 2.45) is 5.14 Å². The monoisotopic (exact) mass is 484 g/mol. The molecule has 0 atom stereocenters. The van der Waals surface area contributed by atoms with Gasteiger partial charge in [-0.1, -0.05) is 36.9 Å². The zero-order valence-electron chi connectivity index (χ0n) is 18.2. The minimum absolute atomic E-state index is 0.0284. The fourth-order valence-electron chi connectivity index (χ4n) is 3.44. The van der Waals surface area contributed by atoms with Crippen LogP contribution >= 0.6 is 11.8 Å². The highest BCUT2D eigenvalue weighted by Gasteiger charge is 2.15. The Balaban J connectivity index is 1.59. The Kier molecular flexibility index (Phi) is 6.49. The number of primary sulfonamides is 1. The molecule has 4 aromatic rings. The number of hydrogen-bond donors (Lipinski definition) is 3. The van der Waals surface area contributed by atoms with E-state index in [9.17, 15) is 8.42 Å². The average molecular weight is 485 g/mol. The number of sulfonamides is 1. The summed E-state index contributed by atoms with van der Waals surface area (Å²) in [4.78, 5) is 17.6. The highest BCUT2D eigenvalue weighted by Crippen LogP contribution is 2.28. The molecule has 33 heavy (non-hydrogen) atoms. The van der Waals surface area contributed by atoms with Crippen LogP contribution in [0.5, 0.6) is 0 Å². The van der Waals surface area contributed by atoms with Crippen LogP contribution in [0.2, 0.25) is 0 Å². The van der Waals surface area contributed by atoms with Gasteiger partial charge in [0, 0.05) is 12.2 Å². The third-order valence-corrected chi connectivity index (χ3v) is 6.89. The molecule has 0 aliphatic heterocycles. The number of aryl methyl sites for hydroxylation is 2. The average Bonchev–Trinajstić information content (AvgIpc) is 3.14. The van der Waals surface area contributed by atoms with Crippen molar-refractivity contribution in [3.63, 3.8) is 0 Å². The van der Waals surface area contributed by atoms with Gasteiger partial charge in [-0.15, -0.1) is 0 Å². The number of thioether (sulfide) groups is 1. The van der Waals surface area contributed by atoms with E-state index >= 15 is 0 Å². The fourth-order valence-corrected chi connectivity index (χ4v) is 4.91. The van der Waals surface area contributed by atoms with E-state index in [0.29, 0.717) is 34.7 Å². The summed E-state index contributed by atoms with van der Waals surface area (Å²) in [6, 6.07) is 12.6. The third kappa shape index (κ3) is 5.07. The maximum atomic E-state index is 11.7. The number of nitrogens with zero attached hydrogens (tertiary/aromatic N) is 5. The Morgan fingerprint density at radius 1 is 1.06 bits per heavy atom. The molecular formula is C21H24N8O2S2. The van der Waals surface area contributed by atoms with Gasteiger partial charge in [0.15, 0.2) is 5.16 Å². The molecule has 172 valence electrons. The minimum atomic E-state index is -3.80. The number of benzene rings is 2. The summed E-state index contributed by atoms with van der Waals surface area (Å²) in [5.74, 6) is 1.41. The molecular weight excluding hydrogens is 460 g/mol.